The largest absolute Gasteiger partial charge is 0.431 e. The number of nitrogens with one attached hydrogen (secondary N) is 1. The fraction of sp³-hybridized carbons (Fsp3) is 0.130. The Bertz CT molecular complexity index is 1140. The van der Waals surface area contributed by atoms with Crippen LogP contribution < -0.4 is 10.1 Å². The number of amides is 1. The minimum Gasteiger partial charge on any atom is -0.431 e. The number of aromatic nitrogens is 1. The highest BCUT2D eigenvalue weighted by atomic mass is 32.1. The average Bonchev–Trinajstić information content (AvgIpc) is 3.14. The van der Waals surface area contributed by atoms with E-state index < -0.39 is 5.82 Å². The molecule has 0 fully saturated rings. The van der Waals surface area contributed by atoms with E-state index in [0.29, 0.717) is 23.9 Å². The van der Waals surface area contributed by atoms with Crippen LogP contribution in [0.5, 0.6) is 10.9 Å². The molecule has 4 rings (SSSR count). The molecule has 7 heteroatoms. The summed E-state index contributed by atoms with van der Waals surface area (Å²) in [6.45, 7) is 0.394. The number of carbonyl (C=O) groups is 1. The number of halogens is 2. The fourth-order valence-electron chi connectivity index (χ4n) is 2.96. The first-order valence-corrected chi connectivity index (χ1v) is 10.2. The molecule has 0 aliphatic heterocycles. The van der Waals surface area contributed by atoms with E-state index in [1.165, 1.54) is 35.6 Å². The van der Waals surface area contributed by atoms with Crippen LogP contribution in [0.25, 0.3) is 10.2 Å². The highest BCUT2D eigenvalue weighted by Gasteiger charge is 2.11. The molecule has 1 N–H and O–H groups in total. The van der Waals surface area contributed by atoms with Gasteiger partial charge in [-0.3, -0.25) is 4.79 Å². The highest BCUT2D eigenvalue weighted by Crippen LogP contribution is 2.31. The third kappa shape index (κ3) is 4.99. The number of thiazole rings is 1. The third-order valence-corrected chi connectivity index (χ3v) is 5.42. The van der Waals surface area contributed by atoms with Crippen molar-refractivity contribution in [1.82, 2.24) is 10.3 Å². The summed E-state index contributed by atoms with van der Waals surface area (Å²) in [4.78, 5) is 16.5. The molecule has 0 radical (unpaired) electrons. The van der Waals surface area contributed by atoms with Crippen LogP contribution in [0.4, 0.5) is 8.78 Å². The van der Waals surface area contributed by atoms with Crippen molar-refractivity contribution in [2.75, 3.05) is 6.54 Å². The maximum atomic E-state index is 14.4. The van der Waals surface area contributed by atoms with Crippen molar-refractivity contribution in [2.24, 2.45) is 0 Å². The van der Waals surface area contributed by atoms with Gasteiger partial charge in [-0.15, -0.1) is 0 Å². The number of fused-ring (bicyclic) bond motifs is 1. The van der Waals surface area contributed by atoms with Gasteiger partial charge in [-0.25, -0.2) is 13.8 Å². The zero-order valence-electron chi connectivity index (χ0n) is 15.9. The maximum absolute atomic E-state index is 14.4. The molecule has 4 aromatic rings. The Labute approximate surface area is 176 Å². The lowest BCUT2D eigenvalue weighted by atomic mass is 10.1. The zero-order valence-corrected chi connectivity index (χ0v) is 16.7. The summed E-state index contributed by atoms with van der Waals surface area (Å²) in [5, 5.41) is 3.18. The summed E-state index contributed by atoms with van der Waals surface area (Å²) in [7, 11) is 0. The molecular formula is C23H18F2N2O2S. The number of para-hydroxylation sites is 1. The van der Waals surface area contributed by atoms with Crippen molar-refractivity contribution in [1.29, 1.82) is 0 Å². The van der Waals surface area contributed by atoms with Gasteiger partial charge < -0.3 is 10.1 Å². The number of nitrogens with zero attached hydrogens (tertiary/aromatic N) is 1. The standard InChI is InChI=1S/C23H18F2N2O2S/c24-17-8-5-15(6-9-17)11-12-26-22(28)13-16-7-10-18(14-19(16)25)29-23-27-20-3-1-2-4-21(20)30-23/h1-10,14H,11-13H2,(H,26,28). The van der Waals surface area contributed by atoms with Crippen LogP contribution in [0.3, 0.4) is 0 Å². The summed E-state index contributed by atoms with van der Waals surface area (Å²) in [6, 6.07) is 18.2. The summed E-state index contributed by atoms with van der Waals surface area (Å²) in [6.07, 6.45) is 0.500. The predicted octanol–water partition coefficient (Wildman–Crippen LogP) is 5.27. The van der Waals surface area contributed by atoms with E-state index in [1.54, 1.807) is 18.2 Å². The monoisotopic (exact) mass is 424 g/mol. The van der Waals surface area contributed by atoms with Gasteiger partial charge in [-0.2, -0.15) is 0 Å². The van der Waals surface area contributed by atoms with Gasteiger partial charge in [-0.1, -0.05) is 41.7 Å². The smallest absolute Gasteiger partial charge is 0.279 e. The van der Waals surface area contributed by atoms with Crippen LogP contribution in [0, 0.1) is 11.6 Å². The first kappa shape index (κ1) is 20.0. The lowest BCUT2D eigenvalue weighted by Crippen LogP contribution is -2.27. The van der Waals surface area contributed by atoms with Gasteiger partial charge in [0.05, 0.1) is 16.6 Å². The molecule has 0 unspecified atom stereocenters. The first-order chi connectivity index (χ1) is 14.6. The quantitative estimate of drug-likeness (QED) is 0.440. The second kappa shape index (κ2) is 9.00. The minimum atomic E-state index is -0.512. The average molecular weight is 424 g/mol. The van der Waals surface area contributed by atoms with Crippen molar-refractivity contribution in [3.63, 3.8) is 0 Å². The normalized spacial score (nSPS) is 10.9. The Morgan fingerprint density at radius 3 is 2.60 bits per heavy atom. The van der Waals surface area contributed by atoms with Gasteiger partial charge >= 0.3 is 0 Å². The number of carbonyl (C=O) groups excluding carboxylic acids is 1. The number of rotatable bonds is 7. The van der Waals surface area contributed by atoms with Crippen molar-refractivity contribution in [3.05, 3.63) is 89.5 Å². The molecule has 0 bridgehead atoms. The SMILES string of the molecule is O=C(Cc1ccc(Oc2nc3ccccc3s2)cc1F)NCCc1ccc(F)cc1. The third-order valence-electron chi connectivity index (χ3n) is 4.50. The van der Waals surface area contributed by atoms with E-state index >= 15 is 0 Å². The molecular weight excluding hydrogens is 406 g/mol. The Balaban J connectivity index is 1.32. The summed E-state index contributed by atoms with van der Waals surface area (Å²) >= 11 is 1.38. The minimum absolute atomic E-state index is 0.0727. The Morgan fingerprint density at radius 2 is 1.83 bits per heavy atom. The molecule has 30 heavy (non-hydrogen) atoms. The van der Waals surface area contributed by atoms with Crippen LogP contribution in [0.15, 0.2) is 66.7 Å². The molecule has 0 saturated heterocycles. The van der Waals surface area contributed by atoms with Crippen LogP contribution in [-0.4, -0.2) is 17.4 Å². The molecule has 0 aliphatic carbocycles. The predicted molar refractivity (Wildman–Crippen MR) is 113 cm³/mol. The van der Waals surface area contributed by atoms with Gasteiger partial charge in [0.25, 0.3) is 5.19 Å². The van der Waals surface area contributed by atoms with E-state index in [-0.39, 0.29) is 23.7 Å². The summed E-state index contributed by atoms with van der Waals surface area (Å²) < 4.78 is 34.0. The van der Waals surface area contributed by atoms with Gasteiger partial charge in [0.2, 0.25) is 5.91 Å². The van der Waals surface area contributed by atoms with Crippen LogP contribution in [0.2, 0.25) is 0 Å². The number of hydrogen-bond donors (Lipinski definition) is 1. The molecule has 0 spiro atoms. The van der Waals surface area contributed by atoms with E-state index in [1.807, 2.05) is 24.3 Å². The van der Waals surface area contributed by atoms with Crippen LogP contribution in [-0.2, 0) is 17.6 Å². The lowest BCUT2D eigenvalue weighted by Gasteiger charge is -2.08. The van der Waals surface area contributed by atoms with E-state index in [0.717, 1.165) is 15.8 Å². The first-order valence-electron chi connectivity index (χ1n) is 9.40. The summed E-state index contributed by atoms with van der Waals surface area (Å²) in [5.74, 6) is -0.765. The molecule has 0 aliphatic rings. The zero-order chi connectivity index (χ0) is 20.9. The molecule has 152 valence electrons. The van der Waals surface area contributed by atoms with Crippen LogP contribution in [0.1, 0.15) is 11.1 Å². The number of benzene rings is 3. The van der Waals surface area contributed by atoms with E-state index in [2.05, 4.69) is 10.3 Å². The molecule has 3 aromatic carbocycles. The van der Waals surface area contributed by atoms with Gasteiger partial charge in [0.15, 0.2) is 0 Å². The molecule has 1 aromatic heterocycles. The second-order valence-electron chi connectivity index (χ2n) is 6.71. The Hall–Kier alpha value is -3.32. The van der Waals surface area contributed by atoms with Crippen molar-refractivity contribution in [2.45, 2.75) is 12.8 Å². The Kier molecular flexibility index (Phi) is 5.99. The molecule has 1 heterocycles. The topological polar surface area (TPSA) is 51.2 Å². The van der Waals surface area contributed by atoms with Crippen LogP contribution >= 0.6 is 11.3 Å². The molecule has 4 nitrogen and oxygen atoms in total. The number of hydrogen-bond acceptors (Lipinski definition) is 4. The van der Waals surface area contributed by atoms with E-state index in [9.17, 15) is 13.6 Å². The van der Waals surface area contributed by atoms with Crippen molar-refractivity contribution < 1.29 is 18.3 Å². The molecule has 1 amide bonds. The van der Waals surface area contributed by atoms with Crippen molar-refractivity contribution in [3.8, 4) is 10.9 Å². The number of ether oxygens (including phenoxy) is 1. The lowest BCUT2D eigenvalue weighted by molar-refractivity contribution is -0.120. The van der Waals surface area contributed by atoms with Gasteiger partial charge in [0.1, 0.15) is 17.4 Å². The van der Waals surface area contributed by atoms with Crippen molar-refractivity contribution >= 4 is 27.5 Å². The molecule has 0 atom stereocenters. The van der Waals surface area contributed by atoms with Gasteiger partial charge in [-0.05, 0) is 47.9 Å². The molecule has 0 saturated carbocycles. The maximum Gasteiger partial charge on any atom is 0.279 e. The fourth-order valence-corrected chi connectivity index (χ4v) is 3.80. The Morgan fingerprint density at radius 1 is 1.03 bits per heavy atom. The summed E-state index contributed by atoms with van der Waals surface area (Å²) in [5.41, 5.74) is 2.03. The second-order valence-corrected chi connectivity index (χ2v) is 7.70. The van der Waals surface area contributed by atoms with Gasteiger partial charge in [0, 0.05) is 12.6 Å². The highest BCUT2D eigenvalue weighted by molar-refractivity contribution is 7.20. The van der Waals surface area contributed by atoms with E-state index in [4.69, 9.17) is 4.74 Å².